The third-order valence-electron chi connectivity index (χ3n) is 8.64. The van der Waals surface area contributed by atoms with Gasteiger partial charge in [-0.3, -0.25) is 4.79 Å². The van der Waals surface area contributed by atoms with Crippen molar-refractivity contribution < 1.29 is 9.53 Å². The van der Waals surface area contributed by atoms with Gasteiger partial charge in [0.05, 0.1) is 24.0 Å². The van der Waals surface area contributed by atoms with Crippen molar-refractivity contribution in [2.24, 2.45) is 0 Å². The number of ether oxygens (including phenoxy) is 1. The number of likely N-dealkylation sites (N-methyl/N-ethyl adjacent to an activating group) is 1. The molecule has 0 unspecified atom stereocenters. The van der Waals surface area contributed by atoms with E-state index in [0.29, 0.717) is 49.1 Å². The summed E-state index contributed by atoms with van der Waals surface area (Å²) in [5.41, 5.74) is 4.20. The average molecular weight is 603 g/mol. The van der Waals surface area contributed by atoms with E-state index in [9.17, 15) is 10.1 Å². The van der Waals surface area contributed by atoms with Gasteiger partial charge in [0, 0.05) is 46.5 Å². The number of benzene rings is 2. The predicted octanol–water partition coefficient (Wildman–Crippen LogP) is 5.58. The van der Waals surface area contributed by atoms with Gasteiger partial charge in [-0.1, -0.05) is 30.3 Å². The van der Waals surface area contributed by atoms with Gasteiger partial charge in [-0.2, -0.15) is 15.2 Å². The Hall–Kier alpha value is -3.32. The molecule has 2 saturated heterocycles. The lowest BCUT2D eigenvalue weighted by Crippen LogP contribution is -2.55. The van der Waals surface area contributed by atoms with Crippen LogP contribution in [-0.4, -0.2) is 83.3 Å². The minimum absolute atomic E-state index is 0.163. The normalized spacial score (nSPS) is 20.8. The molecular weight excluding hydrogens is 568 g/mol. The largest absolute Gasteiger partial charge is 0.462 e. The highest BCUT2D eigenvalue weighted by Crippen LogP contribution is 2.41. The van der Waals surface area contributed by atoms with Gasteiger partial charge in [0.1, 0.15) is 12.4 Å². The summed E-state index contributed by atoms with van der Waals surface area (Å²) in [6.07, 6.45) is 5.95. The predicted molar refractivity (Wildman–Crippen MR) is 168 cm³/mol. The maximum atomic E-state index is 12.5. The molecular formula is C32H35ClN6O2S. The van der Waals surface area contributed by atoms with Crippen molar-refractivity contribution >= 4 is 46.0 Å². The first-order valence-corrected chi connectivity index (χ1v) is 16.0. The van der Waals surface area contributed by atoms with Gasteiger partial charge in [-0.15, -0.1) is 11.8 Å². The molecule has 1 amide bonds. The summed E-state index contributed by atoms with van der Waals surface area (Å²) in [6.45, 7) is 6.71. The fourth-order valence-corrected chi connectivity index (χ4v) is 7.70. The number of hydrogen-bond acceptors (Lipinski definition) is 8. The molecule has 0 saturated carbocycles. The van der Waals surface area contributed by atoms with E-state index in [4.69, 9.17) is 26.3 Å². The fourth-order valence-electron chi connectivity index (χ4n) is 6.36. The molecule has 2 aromatic carbocycles. The Balaban J connectivity index is 1.42. The minimum atomic E-state index is -0.279. The lowest BCUT2D eigenvalue weighted by Gasteiger charge is -2.41. The fraction of sp³-hybridized carbons (Fsp3) is 0.438. The molecule has 2 atom stereocenters. The number of rotatable bonds is 7. The molecule has 218 valence electrons. The second-order valence-electron chi connectivity index (χ2n) is 11.2. The van der Waals surface area contributed by atoms with Crippen LogP contribution in [0.3, 0.4) is 0 Å². The summed E-state index contributed by atoms with van der Waals surface area (Å²) < 4.78 is 6.26. The Morgan fingerprint density at radius 2 is 2.10 bits per heavy atom. The van der Waals surface area contributed by atoms with E-state index in [1.54, 1.807) is 4.90 Å². The van der Waals surface area contributed by atoms with Crippen LogP contribution < -0.4 is 9.64 Å². The zero-order valence-electron chi connectivity index (χ0n) is 23.9. The van der Waals surface area contributed by atoms with Gasteiger partial charge in [0.2, 0.25) is 5.91 Å². The molecule has 3 aliphatic heterocycles. The number of aromatic nitrogens is 2. The molecule has 2 fully saturated rings. The molecule has 0 bridgehead atoms. The number of amides is 1. The third kappa shape index (κ3) is 5.68. The number of likely N-dealkylation sites (tertiary alicyclic amines) is 1. The van der Waals surface area contributed by atoms with E-state index >= 15 is 0 Å². The van der Waals surface area contributed by atoms with E-state index in [-0.39, 0.29) is 18.4 Å². The number of hydrogen-bond donors (Lipinski definition) is 0. The zero-order chi connectivity index (χ0) is 29.2. The molecule has 0 N–H and O–H groups in total. The molecule has 6 rings (SSSR count). The molecule has 0 radical (unpaired) electrons. The number of anilines is 1. The lowest BCUT2D eigenvalue weighted by atomic mass is 9.95. The van der Waals surface area contributed by atoms with Crippen molar-refractivity contribution in [3.8, 4) is 23.2 Å². The Morgan fingerprint density at radius 1 is 1.21 bits per heavy atom. The quantitative estimate of drug-likeness (QED) is 0.324. The van der Waals surface area contributed by atoms with Crippen LogP contribution in [0.1, 0.15) is 31.2 Å². The summed E-state index contributed by atoms with van der Waals surface area (Å²) in [7, 11) is 2.13. The number of piperazine rings is 1. The Kier molecular flexibility index (Phi) is 8.57. The van der Waals surface area contributed by atoms with Crippen LogP contribution in [0.2, 0.25) is 5.02 Å². The molecule has 1 aromatic heterocycles. The number of carbonyl (C=O) groups excluding carboxylic acids is 1. The number of halogens is 1. The lowest BCUT2D eigenvalue weighted by molar-refractivity contribution is -0.128. The van der Waals surface area contributed by atoms with Crippen molar-refractivity contribution in [3.05, 3.63) is 53.6 Å². The summed E-state index contributed by atoms with van der Waals surface area (Å²) in [5, 5.41) is 11.0. The maximum absolute atomic E-state index is 12.5. The SMILES string of the molecule is C=CC(=O)N1CCN(c2nc(OC[C@@H]3CCCN3C)nc3cc(-c4cccc5c4CCCS5)c(Cl)cc23)C[C@@H]1CC#N. The monoisotopic (exact) mass is 602 g/mol. The van der Waals surface area contributed by atoms with Gasteiger partial charge in [0.15, 0.2) is 0 Å². The summed E-state index contributed by atoms with van der Waals surface area (Å²) >= 11 is 8.93. The number of carbonyl (C=O) groups is 1. The first kappa shape index (κ1) is 28.8. The first-order chi connectivity index (χ1) is 20.5. The van der Waals surface area contributed by atoms with Crippen LogP contribution in [-0.2, 0) is 11.2 Å². The van der Waals surface area contributed by atoms with Crippen molar-refractivity contribution in [2.45, 2.75) is 49.1 Å². The number of nitriles is 1. The Labute approximate surface area is 256 Å². The van der Waals surface area contributed by atoms with Crippen LogP contribution in [0.4, 0.5) is 5.82 Å². The van der Waals surface area contributed by atoms with E-state index in [1.807, 2.05) is 17.8 Å². The van der Waals surface area contributed by atoms with Crippen molar-refractivity contribution in [2.75, 3.05) is 50.5 Å². The minimum Gasteiger partial charge on any atom is -0.462 e. The zero-order valence-corrected chi connectivity index (χ0v) is 25.5. The molecule has 8 nitrogen and oxygen atoms in total. The maximum Gasteiger partial charge on any atom is 0.319 e. The van der Waals surface area contributed by atoms with Crippen molar-refractivity contribution in [1.29, 1.82) is 5.26 Å². The molecule has 10 heteroatoms. The van der Waals surface area contributed by atoms with E-state index < -0.39 is 0 Å². The van der Waals surface area contributed by atoms with Crippen LogP contribution in [0, 0.1) is 11.3 Å². The summed E-state index contributed by atoms with van der Waals surface area (Å²) in [4.78, 5) is 29.8. The van der Waals surface area contributed by atoms with Crippen molar-refractivity contribution in [1.82, 2.24) is 19.8 Å². The van der Waals surface area contributed by atoms with E-state index in [2.05, 4.69) is 53.8 Å². The van der Waals surface area contributed by atoms with Gasteiger partial charge < -0.3 is 19.4 Å². The molecule has 42 heavy (non-hydrogen) atoms. The van der Waals surface area contributed by atoms with Gasteiger partial charge in [-0.05, 0) is 80.4 Å². The molecule has 0 aliphatic carbocycles. The smallest absolute Gasteiger partial charge is 0.319 e. The number of thioether (sulfide) groups is 1. The third-order valence-corrected chi connectivity index (χ3v) is 10.1. The van der Waals surface area contributed by atoms with Gasteiger partial charge >= 0.3 is 6.01 Å². The average Bonchev–Trinajstić information content (AvgIpc) is 3.43. The van der Waals surface area contributed by atoms with Gasteiger partial charge in [-0.25, -0.2) is 0 Å². The van der Waals surface area contributed by atoms with Crippen LogP contribution in [0.5, 0.6) is 6.01 Å². The highest BCUT2D eigenvalue weighted by atomic mass is 35.5. The molecule has 4 heterocycles. The van der Waals surface area contributed by atoms with E-state index in [1.165, 1.54) is 16.5 Å². The second-order valence-corrected chi connectivity index (χ2v) is 12.7. The molecule has 3 aliphatic rings. The first-order valence-electron chi connectivity index (χ1n) is 14.6. The van der Waals surface area contributed by atoms with Gasteiger partial charge in [0.25, 0.3) is 0 Å². The Bertz CT molecular complexity index is 1560. The van der Waals surface area contributed by atoms with Crippen LogP contribution in [0.15, 0.2) is 47.9 Å². The molecule has 0 spiro atoms. The summed E-state index contributed by atoms with van der Waals surface area (Å²) in [5.74, 6) is 1.68. The highest BCUT2D eigenvalue weighted by molar-refractivity contribution is 7.99. The van der Waals surface area contributed by atoms with Crippen molar-refractivity contribution in [3.63, 3.8) is 0 Å². The number of nitrogens with zero attached hydrogens (tertiary/aromatic N) is 6. The Morgan fingerprint density at radius 3 is 2.88 bits per heavy atom. The molecule has 3 aromatic rings. The number of fused-ring (bicyclic) bond motifs is 2. The highest BCUT2D eigenvalue weighted by Gasteiger charge is 2.32. The second kappa shape index (κ2) is 12.5. The standard InChI is InChI=1S/C32H35ClN6O2S/c1-3-30(40)39-15-14-38(19-21(39)11-12-34)31-26-17-27(33)25(23-8-4-10-29-24(23)9-6-16-42-29)18-28(26)35-32(36-31)41-20-22-7-5-13-37(22)2/h3-4,8,10,17-18,21-22H,1,5-7,9,11,13-16,19-20H2,2H3/t21-,22-/m0/s1. The van der Waals surface area contributed by atoms with Crippen LogP contribution >= 0.6 is 23.4 Å². The van der Waals surface area contributed by atoms with E-state index in [0.717, 1.165) is 60.0 Å². The topological polar surface area (TPSA) is 85.6 Å². The summed E-state index contributed by atoms with van der Waals surface area (Å²) in [6, 6.07) is 13.1. The van der Waals surface area contributed by atoms with Crippen LogP contribution in [0.25, 0.3) is 22.0 Å².